The SMILES string of the molecule is CC1(C)c2ccc(Cl)cc2-c2ccc3c(c21)C1(c2ccccc2-3)C2CC3CC(C2)CC1C3. The Kier molecular flexibility index (Phi) is 3.28. The Morgan fingerprint density at radius 3 is 2.03 bits per heavy atom. The van der Waals surface area contributed by atoms with Gasteiger partial charge in [-0.3, -0.25) is 0 Å². The van der Waals surface area contributed by atoms with Crippen LogP contribution in [-0.4, -0.2) is 0 Å². The number of rotatable bonds is 0. The van der Waals surface area contributed by atoms with E-state index in [4.69, 9.17) is 11.6 Å². The van der Waals surface area contributed by atoms with Crippen LogP contribution in [0.15, 0.2) is 54.6 Å². The fourth-order valence-electron chi connectivity index (χ4n) is 9.54. The first-order valence-electron chi connectivity index (χ1n) is 12.6. The molecule has 0 aromatic heterocycles. The van der Waals surface area contributed by atoms with Crippen LogP contribution in [0.25, 0.3) is 22.3 Å². The molecule has 1 heteroatoms. The summed E-state index contributed by atoms with van der Waals surface area (Å²) < 4.78 is 0. The van der Waals surface area contributed by atoms with Crippen molar-refractivity contribution >= 4 is 11.6 Å². The van der Waals surface area contributed by atoms with E-state index < -0.39 is 0 Å². The molecule has 0 saturated heterocycles. The second-order valence-corrected chi connectivity index (χ2v) is 12.4. The predicted molar refractivity (Wildman–Crippen MR) is 132 cm³/mol. The van der Waals surface area contributed by atoms with Crippen LogP contribution in [0.2, 0.25) is 5.02 Å². The molecule has 0 atom stereocenters. The molecular weight excluding hydrogens is 408 g/mol. The first-order valence-corrected chi connectivity index (χ1v) is 13.0. The highest BCUT2D eigenvalue weighted by molar-refractivity contribution is 6.31. The summed E-state index contributed by atoms with van der Waals surface area (Å²) in [5.41, 5.74) is 12.5. The van der Waals surface area contributed by atoms with Crippen LogP contribution in [0.5, 0.6) is 0 Å². The minimum Gasteiger partial charge on any atom is -0.0843 e. The highest BCUT2D eigenvalue weighted by Crippen LogP contribution is 2.71. The van der Waals surface area contributed by atoms with Crippen LogP contribution < -0.4 is 0 Å². The maximum atomic E-state index is 6.51. The lowest BCUT2D eigenvalue weighted by molar-refractivity contribution is -0.0404. The largest absolute Gasteiger partial charge is 0.0843 e. The summed E-state index contributed by atoms with van der Waals surface area (Å²) in [6, 6.07) is 20.9. The van der Waals surface area contributed by atoms with E-state index in [1.54, 1.807) is 16.7 Å². The van der Waals surface area contributed by atoms with Gasteiger partial charge < -0.3 is 0 Å². The highest BCUT2D eigenvalue weighted by Gasteiger charge is 2.63. The van der Waals surface area contributed by atoms with E-state index in [9.17, 15) is 0 Å². The summed E-state index contributed by atoms with van der Waals surface area (Å²) >= 11 is 6.51. The Bertz CT molecular complexity index is 1300. The molecule has 4 bridgehead atoms. The van der Waals surface area contributed by atoms with Crippen molar-refractivity contribution in [1.29, 1.82) is 0 Å². The van der Waals surface area contributed by atoms with E-state index in [1.165, 1.54) is 59.9 Å². The molecule has 0 nitrogen and oxygen atoms in total. The third kappa shape index (κ3) is 1.92. The summed E-state index contributed by atoms with van der Waals surface area (Å²) in [6.07, 6.45) is 7.24. The van der Waals surface area contributed by atoms with Crippen LogP contribution in [-0.2, 0) is 10.8 Å². The Hall–Kier alpha value is -2.05. The molecule has 3 aromatic carbocycles. The van der Waals surface area contributed by atoms with Gasteiger partial charge >= 0.3 is 0 Å². The Labute approximate surface area is 196 Å². The fourth-order valence-corrected chi connectivity index (χ4v) is 9.71. The number of fused-ring (bicyclic) bond motifs is 7. The quantitative estimate of drug-likeness (QED) is 0.332. The molecule has 160 valence electrons. The third-order valence-corrected chi connectivity index (χ3v) is 10.5. The molecule has 6 aliphatic carbocycles. The van der Waals surface area contributed by atoms with E-state index in [1.807, 2.05) is 0 Å². The van der Waals surface area contributed by atoms with Crippen LogP contribution in [0, 0.1) is 23.7 Å². The molecule has 0 heterocycles. The molecule has 0 unspecified atom stereocenters. The van der Waals surface area contributed by atoms with Crippen molar-refractivity contribution in [2.45, 2.75) is 56.8 Å². The van der Waals surface area contributed by atoms with E-state index in [2.05, 4.69) is 68.4 Å². The van der Waals surface area contributed by atoms with E-state index in [-0.39, 0.29) is 10.8 Å². The van der Waals surface area contributed by atoms with Gasteiger partial charge in [0.1, 0.15) is 0 Å². The van der Waals surface area contributed by atoms with E-state index >= 15 is 0 Å². The summed E-state index contributed by atoms with van der Waals surface area (Å²) in [5.74, 6) is 3.55. The summed E-state index contributed by atoms with van der Waals surface area (Å²) in [5, 5.41) is 0.848. The Morgan fingerprint density at radius 1 is 0.656 bits per heavy atom. The molecule has 4 fully saturated rings. The van der Waals surface area contributed by atoms with Crippen molar-refractivity contribution in [1.82, 2.24) is 0 Å². The number of benzene rings is 3. The zero-order chi connectivity index (χ0) is 21.4. The predicted octanol–water partition coefficient (Wildman–Crippen LogP) is 8.37. The number of hydrogen-bond acceptors (Lipinski definition) is 0. The van der Waals surface area contributed by atoms with Crippen LogP contribution in [0.4, 0.5) is 0 Å². The van der Waals surface area contributed by atoms with Crippen molar-refractivity contribution < 1.29 is 0 Å². The first kappa shape index (κ1) is 18.4. The van der Waals surface area contributed by atoms with E-state index in [0.717, 1.165) is 28.7 Å². The first-order chi connectivity index (χ1) is 15.5. The lowest BCUT2D eigenvalue weighted by atomic mass is 9.42. The summed E-state index contributed by atoms with van der Waals surface area (Å²) in [7, 11) is 0. The minimum atomic E-state index is 0.00427. The van der Waals surface area contributed by atoms with E-state index in [0.29, 0.717) is 0 Å². The maximum Gasteiger partial charge on any atom is 0.0412 e. The fraction of sp³-hybridized carbons (Fsp3) is 0.419. The molecule has 0 aliphatic heterocycles. The normalized spacial score (nSPS) is 33.8. The Morgan fingerprint density at radius 2 is 1.31 bits per heavy atom. The van der Waals surface area contributed by atoms with Crippen molar-refractivity contribution in [2.24, 2.45) is 23.7 Å². The second kappa shape index (κ2) is 5.71. The molecule has 0 amide bonds. The monoisotopic (exact) mass is 436 g/mol. The lowest BCUT2D eigenvalue weighted by Gasteiger charge is -2.61. The molecule has 3 aromatic rings. The minimum absolute atomic E-state index is 0.00427. The average molecular weight is 437 g/mol. The highest BCUT2D eigenvalue weighted by atomic mass is 35.5. The van der Waals surface area contributed by atoms with Gasteiger partial charge in [-0.05, 0) is 112 Å². The molecule has 4 saturated carbocycles. The molecule has 32 heavy (non-hydrogen) atoms. The van der Waals surface area contributed by atoms with Crippen LogP contribution in [0.1, 0.15) is 68.2 Å². The molecule has 6 aliphatic rings. The van der Waals surface area contributed by atoms with Gasteiger partial charge in [0.2, 0.25) is 0 Å². The summed E-state index contributed by atoms with van der Waals surface area (Å²) in [4.78, 5) is 0. The lowest BCUT2D eigenvalue weighted by Crippen LogP contribution is -2.55. The molecule has 1 spiro atoms. The zero-order valence-corrected chi connectivity index (χ0v) is 19.7. The zero-order valence-electron chi connectivity index (χ0n) is 18.9. The van der Waals surface area contributed by atoms with Gasteiger partial charge in [0.25, 0.3) is 0 Å². The van der Waals surface area contributed by atoms with Crippen molar-refractivity contribution in [3.63, 3.8) is 0 Å². The summed E-state index contributed by atoms with van der Waals surface area (Å²) in [6.45, 7) is 4.91. The van der Waals surface area contributed by atoms with Gasteiger partial charge in [-0.1, -0.05) is 67.9 Å². The smallest absolute Gasteiger partial charge is 0.0412 e. The van der Waals surface area contributed by atoms with Crippen LogP contribution >= 0.6 is 11.6 Å². The maximum absolute atomic E-state index is 6.51. The molecule has 0 N–H and O–H groups in total. The van der Waals surface area contributed by atoms with Gasteiger partial charge in [0, 0.05) is 15.9 Å². The van der Waals surface area contributed by atoms with Crippen LogP contribution in [0.3, 0.4) is 0 Å². The molecular formula is C31H29Cl. The van der Waals surface area contributed by atoms with Gasteiger partial charge in [-0.2, -0.15) is 0 Å². The van der Waals surface area contributed by atoms with Gasteiger partial charge in [0.15, 0.2) is 0 Å². The Balaban J connectivity index is 1.50. The third-order valence-electron chi connectivity index (χ3n) is 10.3. The van der Waals surface area contributed by atoms with Crippen molar-refractivity contribution in [3.05, 3.63) is 81.9 Å². The van der Waals surface area contributed by atoms with Gasteiger partial charge in [0.05, 0.1) is 0 Å². The number of hydrogen-bond donors (Lipinski definition) is 0. The topological polar surface area (TPSA) is 0 Å². The molecule has 0 radical (unpaired) electrons. The second-order valence-electron chi connectivity index (χ2n) is 11.9. The standard InChI is InChI=1S/C31H29Cl/c1-30(2)26-10-7-21(32)16-25(26)24-9-8-23-22-5-3-4-6-27(22)31(29(23)28(24)30)19-12-17-11-18(14-19)15-20(31)13-17/h3-10,16-20H,11-15H2,1-2H3. The average Bonchev–Trinajstić information content (AvgIpc) is 3.19. The number of halogens is 1. The van der Waals surface area contributed by atoms with Gasteiger partial charge in [-0.25, -0.2) is 0 Å². The molecule has 9 rings (SSSR count). The van der Waals surface area contributed by atoms with Crippen molar-refractivity contribution in [3.8, 4) is 22.3 Å². The van der Waals surface area contributed by atoms with Gasteiger partial charge in [-0.15, -0.1) is 0 Å². The van der Waals surface area contributed by atoms with Crippen molar-refractivity contribution in [2.75, 3.05) is 0 Å².